The Hall–Kier alpha value is -1.38. The van der Waals surface area contributed by atoms with Crippen LogP contribution in [0.15, 0.2) is 29.2 Å². The summed E-state index contributed by atoms with van der Waals surface area (Å²) in [4.78, 5) is 25.1. The Labute approximate surface area is 152 Å². The van der Waals surface area contributed by atoms with Gasteiger partial charge >= 0.3 is 0 Å². The van der Waals surface area contributed by atoms with E-state index < -0.39 is 10.0 Å². The van der Waals surface area contributed by atoms with E-state index in [1.54, 1.807) is 12.1 Å². The zero-order chi connectivity index (χ0) is 18.4. The molecule has 0 spiro atoms. The Morgan fingerprint density at radius 1 is 1.12 bits per heavy atom. The zero-order valence-electron chi connectivity index (χ0n) is 14.6. The van der Waals surface area contributed by atoms with E-state index in [1.807, 2.05) is 12.1 Å². The van der Waals surface area contributed by atoms with Gasteiger partial charge in [-0.05, 0) is 29.5 Å². The smallest absolute Gasteiger partial charge is 0.273 e. The van der Waals surface area contributed by atoms with E-state index >= 15 is 0 Å². The van der Waals surface area contributed by atoms with Crippen molar-refractivity contribution < 1.29 is 18.0 Å². The number of thioether (sulfide) groups is 1. The van der Waals surface area contributed by atoms with Crippen LogP contribution in [0.25, 0.3) is 0 Å². The first-order chi connectivity index (χ1) is 11.6. The van der Waals surface area contributed by atoms with Gasteiger partial charge in [-0.15, -0.1) is 0 Å². The number of imide groups is 1. The molecule has 2 aliphatic rings. The maximum absolute atomic E-state index is 12.9. The molecule has 2 saturated heterocycles. The number of amides is 2. The third kappa shape index (κ3) is 3.47. The molecule has 25 heavy (non-hydrogen) atoms. The molecule has 0 saturated carbocycles. The average molecular weight is 383 g/mol. The SMILES string of the molecule is CC(C)(C)c1ccc(S(=O)(=O)N2CCC(N3C(=O)CSC3=O)C2)cc1. The molecule has 2 aliphatic heterocycles. The summed E-state index contributed by atoms with van der Waals surface area (Å²) in [6.07, 6.45) is 0.483. The van der Waals surface area contributed by atoms with Gasteiger partial charge in [0.05, 0.1) is 16.7 Å². The van der Waals surface area contributed by atoms with Crippen LogP contribution in [0.1, 0.15) is 32.8 Å². The second-order valence-corrected chi connectivity index (χ2v) is 10.3. The molecular formula is C17H22N2O4S2. The Morgan fingerprint density at radius 3 is 2.28 bits per heavy atom. The maximum Gasteiger partial charge on any atom is 0.289 e. The van der Waals surface area contributed by atoms with Crippen LogP contribution < -0.4 is 0 Å². The summed E-state index contributed by atoms with van der Waals surface area (Å²) in [5.41, 5.74) is 1.02. The number of sulfonamides is 1. The number of carbonyl (C=O) groups excluding carboxylic acids is 2. The van der Waals surface area contributed by atoms with Gasteiger partial charge in [-0.25, -0.2) is 8.42 Å². The lowest BCUT2D eigenvalue weighted by Gasteiger charge is -2.22. The summed E-state index contributed by atoms with van der Waals surface area (Å²) in [7, 11) is -3.62. The number of hydrogen-bond donors (Lipinski definition) is 0. The van der Waals surface area contributed by atoms with E-state index in [2.05, 4.69) is 20.8 Å². The minimum Gasteiger partial charge on any atom is -0.273 e. The van der Waals surface area contributed by atoms with Crippen molar-refractivity contribution in [1.82, 2.24) is 9.21 Å². The maximum atomic E-state index is 12.9. The van der Waals surface area contributed by atoms with Crippen LogP contribution in [0.2, 0.25) is 0 Å². The first-order valence-corrected chi connectivity index (χ1v) is 10.6. The third-order valence-corrected chi connectivity index (χ3v) is 7.35. The summed E-state index contributed by atoms with van der Waals surface area (Å²) < 4.78 is 27.1. The van der Waals surface area contributed by atoms with E-state index in [1.165, 1.54) is 9.21 Å². The fourth-order valence-corrected chi connectivity index (χ4v) is 5.40. The predicted molar refractivity (Wildman–Crippen MR) is 97.0 cm³/mol. The highest BCUT2D eigenvalue weighted by molar-refractivity contribution is 8.14. The molecule has 8 heteroatoms. The van der Waals surface area contributed by atoms with Gasteiger partial charge in [0.15, 0.2) is 0 Å². The van der Waals surface area contributed by atoms with Crippen LogP contribution in [0.3, 0.4) is 0 Å². The lowest BCUT2D eigenvalue weighted by molar-refractivity contribution is -0.126. The fourth-order valence-electron chi connectivity index (χ4n) is 3.13. The van der Waals surface area contributed by atoms with Crippen molar-refractivity contribution in [1.29, 1.82) is 0 Å². The molecule has 2 amide bonds. The molecule has 0 aliphatic carbocycles. The van der Waals surface area contributed by atoms with Crippen molar-refractivity contribution >= 4 is 32.9 Å². The number of nitrogens with zero attached hydrogens (tertiary/aromatic N) is 2. The van der Waals surface area contributed by atoms with E-state index in [9.17, 15) is 18.0 Å². The first-order valence-electron chi connectivity index (χ1n) is 8.20. The Morgan fingerprint density at radius 2 is 1.76 bits per heavy atom. The fraction of sp³-hybridized carbons (Fsp3) is 0.529. The van der Waals surface area contributed by atoms with Gasteiger partial charge in [-0.1, -0.05) is 44.7 Å². The van der Waals surface area contributed by atoms with Crippen LogP contribution in [0.4, 0.5) is 4.79 Å². The number of benzene rings is 1. The molecule has 2 heterocycles. The van der Waals surface area contributed by atoms with Crippen LogP contribution in [0.5, 0.6) is 0 Å². The highest BCUT2D eigenvalue weighted by atomic mass is 32.2. The van der Waals surface area contributed by atoms with Crippen molar-refractivity contribution in [2.24, 2.45) is 0 Å². The monoisotopic (exact) mass is 382 g/mol. The molecule has 0 aromatic heterocycles. The van der Waals surface area contributed by atoms with E-state index in [-0.39, 0.29) is 39.8 Å². The zero-order valence-corrected chi connectivity index (χ0v) is 16.2. The van der Waals surface area contributed by atoms with Gasteiger partial charge in [0.25, 0.3) is 5.24 Å². The van der Waals surface area contributed by atoms with E-state index in [0.717, 1.165) is 17.3 Å². The Kier molecular flexibility index (Phi) is 4.72. The minimum atomic E-state index is -3.62. The summed E-state index contributed by atoms with van der Waals surface area (Å²) in [6, 6.07) is 6.57. The molecule has 136 valence electrons. The number of hydrogen-bond acceptors (Lipinski definition) is 5. The molecule has 0 radical (unpaired) electrons. The van der Waals surface area contributed by atoms with Crippen LogP contribution in [-0.4, -0.2) is 53.7 Å². The van der Waals surface area contributed by atoms with Gasteiger partial charge in [0.1, 0.15) is 0 Å². The molecule has 0 bridgehead atoms. The molecule has 3 rings (SSSR count). The molecule has 1 unspecified atom stereocenters. The van der Waals surface area contributed by atoms with E-state index in [4.69, 9.17) is 0 Å². The van der Waals surface area contributed by atoms with Gasteiger partial charge in [0, 0.05) is 13.1 Å². The van der Waals surface area contributed by atoms with Crippen molar-refractivity contribution in [3.63, 3.8) is 0 Å². The highest BCUT2D eigenvalue weighted by Gasteiger charge is 2.42. The average Bonchev–Trinajstić information content (AvgIpc) is 3.14. The van der Waals surface area contributed by atoms with Gasteiger partial charge < -0.3 is 0 Å². The first kappa shape index (κ1) is 18.4. The largest absolute Gasteiger partial charge is 0.289 e. The minimum absolute atomic E-state index is 0.0465. The molecule has 1 aromatic rings. The quantitative estimate of drug-likeness (QED) is 0.803. The molecule has 1 atom stereocenters. The van der Waals surface area contributed by atoms with Crippen LogP contribution in [0, 0.1) is 0 Å². The lowest BCUT2D eigenvalue weighted by atomic mass is 9.87. The molecule has 6 nitrogen and oxygen atoms in total. The molecule has 2 fully saturated rings. The molecular weight excluding hydrogens is 360 g/mol. The van der Waals surface area contributed by atoms with Crippen molar-refractivity contribution in [3.05, 3.63) is 29.8 Å². The summed E-state index contributed by atoms with van der Waals surface area (Å²) >= 11 is 0.979. The third-order valence-electron chi connectivity index (χ3n) is 4.63. The highest BCUT2D eigenvalue weighted by Crippen LogP contribution is 2.30. The normalized spacial score (nSPS) is 22.8. The standard InChI is InChI=1S/C17H22N2O4S2/c1-17(2,3)12-4-6-14(7-5-12)25(22,23)18-9-8-13(10-18)19-15(20)11-24-16(19)21/h4-7,13H,8-11H2,1-3H3. The van der Waals surface area contributed by atoms with Gasteiger partial charge in [0.2, 0.25) is 15.9 Å². The summed E-state index contributed by atoms with van der Waals surface area (Å²) in [6.45, 7) is 6.70. The second-order valence-electron chi connectivity index (χ2n) is 7.40. The molecule has 0 N–H and O–H groups in total. The van der Waals surface area contributed by atoms with Crippen LogP contribution >= 0.6 is 11.8 Å². The Balaban J connectivity index is 1.77. The topological polar surface area (TPSA) is 74.8 Å². The van der Waals surface area contributed by atoms with Crippen molar-refractivity contribution in [2.45, 2.75) is 43.5 Å². The van der Waals surface area contributed by atoms with Crippen molar-refractivity contribution in [3.8, 4) is 0 Å². The van der Waals surface area contributed by atoms with Gasteiger partial charge in [-0.2, -0.15) is 4.31 Å². The Bertz CT molecular complexity index is 781. The van der Waals surface area contributed by atoms with Gasteiger partial charge in [-0.3, -0.25) is 14.5 Å². The number of rotatable bonds is 3. The van der Waals surface area contributed by atoms with E-state index in [0.29, 0.717) is 13.0 Å². The number of carbonyl (C=O) groups is 2. The predicted octanol–water partition coefficient (Wildman–Crippen LogP) is 2.44. The second kappa shape index (κ2) is 6.41. The van der Waals surface area contributed by atoms with Crippen molar-refractivity contribution in [2.75, 3.05) is 18.8 Å². The lowest BCUT2D eigenvalue weighted by Crippen LogP contribution is -2.41. The summed E-state index contributed by atoms with van der Waals surface area (Å²) in [5.74, 6) is -0.0788. The van der Waals surface area contributed by atoms with Crippen LogP contribution in [-0.2, 0) is 20.2 Å². The summed E-state index contributed by atoms with van der Waals surface area (Å²) in [5, 5.41) is -0.274. The molecule has 1 aromatic carbocycles.